The standard InChI is InChI=1S/C16H20N4O3S/c17-24(22,23)13-9-18-20(10-13)11-16(21)19-15-8-4-2-6-12-5-1-3-7-14(12)15/h1,3,5,7,9-10,15H,2,4,6,8,11H2,(H,19,21)(H2,17,22,23)/t15-/m0/s1. The van der Waals surface area contributed by atoms with Crippen molar-refractivity contribution in [3.63, 3.8) is 0 Å². The molecule has 0 spiro atoms. The van der Waals surface area contributed by atoms with Crippen molar-refractivity contribution in [2.45, 2.75) is 43.2 Å². The van der Waals surface area contributed by atoms with E-state index in [0.29, 0.717) is 0 Å². The molecule has 1 aromatic carbocycles. The van der Waals surface area contributed by atoms with Gasteiger partial charge in [0.1, 0.15) is 11.4 Å². The van der Waals surface area contributed by atoms with E-state index in [9.17, 15) is 13.2 Å². The smallest absolute Gasteiger partial charge is 0.242 e. The number of carbonyl (C=O) groups is 1. The van der Waals surface area contributed by atoms with Gasteiger partial charge in [-0.3, -0.25) is 9.48 Å². The molecule has 3 rings (SSSR count). The summed E-state index contributed by atoms with van der Waals surface area (Å²) >= 11 is 0. The van der Waals surface area contributed by atoms with Crippen LogP contribution in [0, 0.1) is 0 Å². The third-order valence-electron chi connectivity index (χ3n) is 4.20. The molecule has 8 heteroatoms. The van der Waals surface area contributed by atoms with Gasteiger partial charge in [0.2, 0.25) is 15.9 Å². The quantitative estimate of drug-likeness (QED) is 0.807. The van der Waals surface area contributed by atoms with Crippen LogP contribution in [0.4, 0.5) is 0 Å². The van der Waals surface area contributed by atoms with Crippen LogP contribution in [0.15, 0.2) is 41.6 Å². The number of fused-ring (bicyclic) bond motifs is 1. The van der Waals surface area contributed by atoms with E-state index in [1.165, 1.54) is 16.4 Å². The Morgan fingerprint density at radius 3 is 2.88 bits per heavy atom. The summed E-state index contributed by atoms with van der Waals surface area (Å²) in [6.07, 6.45) is 6.49. The first kappa shape index (κ1) is 16.7. The molecule has 3 N–H and O–H groups in total. The molecule has 128 valence electrons. The van der Waals surface area contributed by atoms with Gasteiger partial charge in [-0.25, -0.2) is 13.6 Å². The maximum absolute atomic E-state index is 12.3. The van der Waals surface area contributed by atoms with Gasteiger partial charge in [0.05, 0.1) is 12.2 Å². The summed E-state index contributed by atoms with van der Waals surface area (Å²) in [4.78, 5) is 12.2. The Hall–Kier alpha value is -2.19. The summed E-state index contributed by atoms with van der Waals surface area (Å²) in [6.45, 7) is -0.0474. The fourth-order valence-corrected chi connectivity index (χ4v) is 3.50. The molecular formula is C16H20N4O3S. The van der Waals surface area contributed by atoms with Crippen molar-refractivity contribution in [3.05, 3.63) is 47.8 Å². The number of nitrogens with zero attached hydrogens (tertiary/aromatic N) is 2. The molecule has 0 unspecified atom stereocenters. The van der Waals surface area contributed by atoms with Crippen LogP contribution in [0.2, 0.25) is 0 Å². The molecule has 1 heterocycles. The molecule has 1 aliphatic carbocycles. The number of nitrogens with one attached hydrogen (secondary N) is 1. The number of amides is 1. The molecule has 2 aromatic rings. The van der Waals surface area contributed by atoms with E-state index in [2.05, 4.69) is 22.5 Å². The Kier molecular flexibility index (Phi) is 4.68. The zero-order valence-corrected chi connectivity index (χ0v) is 14.0. The highest BCUT2D eigenvalue weighted by molar-refractivity contribution is 7.89. The second-order valence-corrected chi connectivity index (χ2v) is 7.54. The van der Waals surface area contributed by atoms with E-state index in [-0.39, 0.29) is 23.4 Å². The van der Waals surface area contributed by atoms with E-state index in [4.69, 9.17) is 5.14 Å². The molecule has 1 atom stereocenters. The summed E-state index contributed by atoms with van der Waals surface area (Å²) in [5.74, 6) is -0.208. The monoisotopic (exact) mass is 348 g/mol. The van der Waals surface area contributed by atoms with E-state index in [1.54, 1.807) is 0 Å². The number of hydrogen-bond donors (Lipinski definition) is 2. The summed E-state index contributed by atoms with van der Waals surface area (Å²) in [6, 6.07) is 8.13. The minimum atomic E-state index is -3.80. The maximum Gasteiger partial charge on any atom is 0.242 e. The van der Waals surface area contributed by atoms with Gasteiger partial charge in [0.25, 0.3) is 0 Å². The van der Waals surface area contributed by atoms with Crippen LogP contribution in [-0.2, 0) is 27.8 Å². The van der Waals surface area contributed by atoms with Gasteiger partial charge in [-0.05, 0) is 30.4 Å². The predicted octanol–water partition coefficient (Wildman–Crippen LogP) is 1.11. The summed E-state index contributed by atoms with van der Waals surface area (Å²) in [5, 5.41) is 11.9. The fourth-order valence-electron chi connectivity index (χ4n) is 3.04. The van der Waals surface area contributed by atoms with Crippen LogP contribution >= 0.6 is 0 Å². The Labute approximate surface area is 140 Å². The van der Waals surface area contributed by atoms with Gasteiger partial charge in [-0.1, -0.05) is 30.7 Å². The van der Waals surface area contributed by atoms with E-state index >= 15 is 0 Å². The number of nitrogens with two attached hydrogens (primary N) is 1. The second kappa shape index (κ2) is 6.74. The number of primary sulfonamides is 1. The van der Waals surface area contributed by atoms with Crippen molar-refractivity contribution >= 4 is 15.9 Å². The number of aryl methyl sites for hydroxylation is 1. The average Bonchev–Trinajstić information content (AvgIpc) is 2.90. The first-order valence-corrected chi connectivity index (χ1v) is 9.40. The normalized spacial score (nSPS) is 17.8. The highest BCUT2D eigenvalue weighted by Crippen LogP contribution is 2.28. The van der Waals surface area contributed by atoms with E-state index in [0.717, 1.165) is 37.4 Å². The van der Waals surface area contributed by atoms with E-state index < -0.39 is 10.0 Å². The third kappa shape index (κ3) is 3.82. The maximum atomic E-state index is 12.3. The SMILES string of the molecule is NS(=O)(=O)c1cnn(CC(=O)N[C@H]2CCCCc3ccccc32)c1. The van der Waals surface area contributed by atoms with Gasteiger partial charge in [-0.15, -0.1) is 0 Å². The third-order valence-corrected chi connectivity index (χ3v) is 5.07. The van der Waals surface area contributed by atoms with Crippen molar-refractivity contribution < 1.29 is 13.2 Å². The lowest BCUT2D eigenvalue weighted by Gasteiger charge is -2.19. The Morgan fingerprint density at radius 2 is 2.12 bits per heavy atom. The zero-order chi connectivity index (χ0) is 17.2. The molecule has 0 bridgehead atoms. The average molecular weight is 348 g/mol. The molecule has 0 fully saturated rings. The van der Waals surface area contributed by atoms with Crippen LogP contribution in [0.25, 0.3) is 0 Å². The van der Waals surface area contributed by atoms with Crippen molar-refractivity contribution in [2.24, 2.45) is 5.14 Å². The molecule has 1 amide bonds. The van der Waals surface area contributed by atoms with Gasteiger partial charge < -0.3 is 5.32 Å². The lowest BCUT2D eigenvalue weighted by atomic mass is 9.99. The molecular weight excluding hydrogens is 328 g/mol. The topological polar surface area (TPSA) is 107 Å². The minimum absolute atomic E-state index is 0.0236. The van der Waals surface area contributed by atoms with Gasteiger partial charge in [-0.2, -0.15) is 5.10 Å². The number of aromatic nitrogens is 2. The Morgan fingerprint density at radius 1 is 1.33 bits per heavy atom. The molecule has 0 aliphatic heterocycles. The molecule has 0 radical (unpaired) electrons. The van der Waals surface area contributed by atoms with Crippen molar-refractivity contribution in [1.29, 1.82) is 0 Å². The first-order chi connectivity index (χ1) is 11.4. The predicted molar refractivity (Wildman–Crippen MR) is 88.5 cm³/mol. The van der Waals surface area contributed by atoms with Crippen molar-refractivity contribution in [3.8, 4) is 0 Å². The van der Waals surface area contributed by atoms with Crippen LogP contribution in [0.1, 0.15) is 36.4 Å². The fraction of sp³-hybridized carbons (Fsp3) is 0.375. The van der Waals surface area contributed by atoms with E-state index in [1.807, 2.05) is 12.1 Å². The first-order valence-electron chi connectivity index (χ1n) is 7.86. The zero-order valence-electron chi connectivity index (χ0n) is 13.2. The Balaban J connectivity index is 1.70. The van der Waals surface area contributed by atoms with Gasteiger partial charge in [0.15, 0.2) is 0 Å². The number of hydrogen-bond acceptors (Lipinski definition) is 4. The lowest BCUT2D eigenvalue weighted by Crippen LogP contribution is -2.31. The van der Waals surface area contributed by atoms with Gasteiger partial charge in [0, 0.05) is 6.20 Å². The Bertz CT molecular complexity index is 845. The van der Waals surface area contributed by atoms with Crippen molar-refractivity contribution in [1.82, 2.24) is 15.1 Å². The molecule has 0 saturated heterocycles. The lowest BCUT2D eigenvalue weighted by molar-refractivity contribution is -0.122. The highest BCUT2D eigenvalue weighted by atomic mass is 32.2. The number of sulfonamides is 1. The number of carbonyl (C=O) groups excluding carboxylic acids is 1. The largest absolute Gasteiger partial charge is 0.348 e. The van der Waals surface area contributed by atoms with Crippen LogP contribution in [-0.4, -0.2) is 24.1 Å². The second-order valence-electron chi connectivity index (χ2n) is 5.98. The van der Waals surface area contributed by atoms with Crippen LogP contribution < -0.4 is 10.5 Å². The molecule has 0 saturated carbocycles. The van der Waals surface area contributed by atoms with Crippen LogP contribution in [0.5, 0.6) is 0 Å². The van der Waals surface area contributed by atoms with Gasteiger partial charge >= 0.3 is 0 Å². The summed E-state index contributed by atoms with van der Waals surface area (Å²) in [5.41, 5.74) is 2.44. The van der Waals surface area contributed by atoms with Crippen LogP contribution in [0.3, 0.4) is 0 Å². The number of rotatable bonds is 4. The number of benzene rings is 1. The summed E-state index contributed by atoms with van der Waals surface area (Å²) < 4.78 is 23.8. The highest BCUT2D eigenvalue weighted by Gasteiger charge is 2.20. The summed E-state index contributed by atoms with van der Waals surface area (Å²) in [7, 11) is -3.80. The molecule has 24 heavy (non-hydrogen) atoms. The molecule has 1 aromatic heterocycles. The molecule has 1 aliphatic rings. The molecule has 7 nitrogen and oxygen atoms in total. The van der Waals surface area contributed by atoms with Crippen molar-refractivity contribution in [2.75, 3.05) is 0 Å². The minimum Gasteiger partial charge on any atom is -0.348 e.